The summed E-state index contributed by atoms with van der Waals surface area (Å²) in [6, 6.07) is 6.60. The third-order valence-corrected chi connectivity index (χ3v) is 4.48. The first-order valence-electron chi connectivity index (χ1n) is 8.89. The number of rotatable bonds is 6. The molecule has 0 radical (unpaired) electrons. The van der Waals surface area contributed by atoms with E-state index in [0.717, 1.165) is 37.6 Å². The summed E-state index contributed by atoms with van der Waals surface area (Å²) in [7, 11) is 0. The van der Waals surface area contributed by atoms with Gasteiger partial charge in [0.25, 0.3) is 0 Å². The van der Waals surface area contributed by atoms with Crippen molar-refractivity contribution in [2.24, 2.45) is 0 Å². The first-order chi connectivity index (χ1) is 11.7. The zero-order valence-electron chi connectivity index (χ0n) is 14.6. The van der Waals surface area contributed by atoms with Crippen molar-refractivity contribution in [1.82, 2.24) is 25.3 Å². The molecule has 0 amide bonds. The van der Waals surface area contributed by atoms with E-state index in [1.165, 1.54) is 12.8 Å². The minimum atomic E-state index is 0.262. The van der Waals surface area contributed by atoms with Gasteiger partial charge in [0.15, 0.2) is 5.82 Å². The van der Waals surface area contributed by atoms with Gasteiger partial charge in [0.05, 0.1) is 12.2 Å². The fourth-order valence-electron chi connectivity index (χ4n) is 3.13. The van der Waals surface area contributed by atoms with Gasteiger partial charge < -0.3 is 9.84 Å². The molecule has 6 nitrogen and oxygen atoms in total. The van der Waals surface area contributed by atoms with Crippen molar-refractivity contribution in [3.05, 3.63) is 41.8 Å². The van der Waals surface area contributed by atoms with Gasteiger partial charge in [0.2, 0.25) is 5.89 Å². The molecule has 2 aromatic heterocycles. The van der Waals surface area contributed by atoms with Gasteiger partial charge in [-0.15, -0.1) is 0 Å². The van der Waals surface area contributed by atoms with Crippen LogP contribution in [-0.4, -0.2) is 39.2 Å². The van der Waals surface area contributed by atoms with Gasteiger partial charge >= 0.3 is 0 Å². The van der Waals surface area contributed by atoms with Crippen LogP contribution in [0.3, 0.4) is 0 Å². The molecule has 0 saturated carbocycles. The minimum Gasteiger partial charge on any atom is -0.339 e. The van der Waals surface area contributed by atoms with Crippen LogP contribution in [-0.2, 0) is 13.1 Å². The number of pyridine rings is 1. The topological polar surface area (TPSA) is 67.1 Å². The summed E-state index contributed by atoms with van der Waals surface area (Å²) in [5.74, 6) is 1.75. The van der Waals surface area contributed by atoms with E-state index in [2.05, 4.69) is 45.3 Å². The summed E-state index contributed by atoms with van der Waals surface area (Å²) in [4.78, 5) is 11.5. The van der Waals surface area contributed by atoms with Gasteiger partial charge in [-0.2, -0.15) is 4.98 Å². The standard InChI is InChI=1S/C18H27N5O/c1-14(2)18-21-17(22-24-18)13-23(12-15-6-3-4-10-20-15)16-7-5-9-19-11-8-16/h3-4,6,10,14,16,19H,5,7-9,11-13H2,1-2H3. The molecule has 1 aliphatic rings. The smallest absolute Gasteiger partial charge is 0.229 e. The number of hydrogen-bond acceptors (Lipinski definition) is 6. The maximum absolute atomic E-state index is 5.37. The van der Waals surface area contributed by atoms with E-state index in [1.807, 2.05) is 18.3 Å². The quantitative estimate of drug-likeness (QED) is 0.879. The fraction of sp³-hybridized carbons (Fsp3) is 0.611. The lowest BCUT2D eigenvalue weighted by Crippen LogP contribution is -2.35. The molecule has 3 rings (SSSR count). The second kappa shape index (κ2) is 8.35. The molecule has 0 aromatic carbocycles. The zero-order chi connectivity index (χ0) is 16.8. The van der Waals surface area contributed by atoms with Crippen molar-refractivity contribution < 1.29 is 4.52 Å². The normalized spacial score (nSPS) is 18.9. The lowest BCUT2D eigenvalue weighted by molar-refractivity contribution is 0.156. The van der Waals surface area contributed by atoms with Gasteiger partial charge in [-0.25, -0.2) is 0 Å². The third-order valence-electron chi connectivity index (χ3n) is 4.48. The van der Waals surface area contributed by atoms with E-state index in [1.54, 1.807) is 0 Å². The van der Waals surface area contributed by atoms with Gasteiger partial charge in [0, 0.05) is 24.7 Å². The molecule has 0 bridgehead atoms. The summed E-state index contributed by atoms with van der Waals surface area (Å²) in [5.41, 5.74) is 1.09. The highest BCUT2D eigenvalue weighted by atomic mass is 16.5. The molecule has 0 spiro atoms. The van der Waals surface area contributed by atoms with Crippen LogP contribution in [0.2, 0.25) is 0 Å². The Morgan fingerprint density at radius 1 is 1.25 bits per heavy atom. The molecular weight excluding hydrogens is 302 g/mol. The maximum atomic E-state index is 5.37. The van der Waals surface area contributed by atoms with Crippen LogP contribution in [0.5, 0.6) is 0 Å². The number of nitrogens with one attached hydrogen (secondary N) is 1. The van der Waals surface area contributed by atoms with Crippen LogP contribution >= 0.6 is 0 Å². The van der Waals surface area contributed by atoms with Crippen LogP contribution in [0.4, 0.5) is 0 Å². The Bertz CT molecular complexity index is 605. The highest BCUT2D eigenvalue weighted by molar-refractivity contribution is 5.04. The lowest BCUT2D eigenvalue weighted by Gasteiger charge is -2.29. The first-order valence-corrected chi connectivity index (χ1v) is 8.89. The molecule has 0 aliphatic carbocycles. The van der Waals surface area contributed by atoms with Gasteiger partial charge in [0.1, 0.15) is 0 Å². The maximum Gasteiger partial charge on any atom is 0.229 e. The van der Waals surface area contributed by atoms with Crippen LogP contribution < -0.4 is 5.32 Å². The van der Waals surface area contributed by atoms with Crippen molar-refractivity contribution in [3.8, 4) is 0 Å². The summed E-state index contributed by atoms with van der Waals surface area (Å²) in [5, 5.41) is 7.66. The summed E-state index contributed by atoms with van der Waals surface area (Å²) >= 11 is 0. The van der Waals surface area contributed by atoms with E-state index in [4.69, 9.17) is 4.52 Å². The number of hydrogen-bond donors (Lipinski definition) is 1. The van der Waals surface area contributed by atoms with E-state index >= 15 is 0 Å². The number of nitrogens with zero attached hydrogens (tertiary/aromatic N) is 4. The molecule has 1 fully saturated rings. The third kappa shape index (κ3) is 4.61. The van der Waals surface area contributed by atoms with E-state index in [-0.39, 0.29) is 5.92 Å². The van der Waals surface area contributed by atoms with Crippen LogP contribution in [0.15, 0.2) is 28.9 Å². The molecule has 2 aromatic rings. The van der Waals surface area contributed by atoms with Gasteiger partial charge in [-0.3, -0.25) is 9.88 Å². The van der Waals surface area contributed by atoms with Crippen molar-refractivity contribution in [2.45, 2.75) is 58.2 Å². The molecule has 3 heterocycles. The Hall–Kier alpha value is -1.79. The van der Waals surface area contributed by atoms with Gasteiger partial charge in [-0.1, -0.05) is 25.1 Å². The Morgan fingerprint density at radius 3 is 2.92 bits per heavy atom. The van der Waals surface area contributed by atoms with E-state index in [0.29, 0.717) is 18.5 Å². The average molecular weight is 329 g/mol. The second-order valence-corrected chi connectivity index (χ2v) is 6.76. The SMILES string of the molecule is CC(C)c1nc(CN(Cc2ccccn2)C2CCCNCC2)no1. The van der Waals surface area contributed by atoms with Crippen molar-refractivity contribution in [2.75, 3.05) is 13.1 Å². The predicted molar refractivity (Wildman–Crippen MR) is 92.4 cm³/mol. The molecule has 1 N–H and O–H groups in total. The Balaban J connectivity index is 1.74. The molecular formula is C18H27N5O. The van der Waals surface area contributed by atoms with E-state index in [9.17, 15) is 0 Å². The van der Waals surface area contributed by atoms with E-state index < -0.39 is 0 Å². The first kappa shape index (κ1) is 17.0. The average Bonchev–Trinajstić information content (AvgIpc) is 2.89. The monoisotopic (exact) mass is 329 g/mol. The molecule has 130 valence electrons. The second-order valence-electron chi connectivity index (χ2n) is 6.76. The molecule has 1 unspecified atom stereocenters. The fourth-order valence-corrected chi connectivity index (χ4v) is 3.13. The zero-order valence-corrected chi connectivity index (χ0v) is 14.6. The van der Waals surface area contributed by atoms with Crippen molar-refractivity contribution >= 4 is 0 Å². The van der Waals surface area contributed by atoms with Gasteiger partial charge in [-0.05, 0) is 44.5 Å². The summed E-state index contributed by atoms with van der Waals surface area (Å²) < 4.78 is 5.37. The molecule has 1 atom stereocenters. The minimum absolute atomic E-state index is 0.262. The number of aromatic nitrogens is 3. The lowest BCUT2D eigenvalue weighted by atomic mass is 10.1. The van der Waals surface area contributed by atoms with Crippen LogP contribution in [0.25, 0.3) is 0 Å². The van der Waals surface area contributed by atoms with Crippen LogP contribution in [0, 0.1) is 0 Å². The summed E-state index contributed by atoms with van der Waals surface area (Å²) in [6.45, 7) is 7.83. The molecule has 1 saturated heterocycles. The molecule has 24 heavy (non-hydrogen) atoms. The predicted octanol–water partition coefficient (Wildman–Crippen LogP) is 2.73. The van der Waals surface area contributed by atoms with Crippen LogP contribution in [0.1, 0.15) is 56.4 Å². The Morgan fingerprint density at radius 2 is 2.17 bits per heavy atom. The van der Waals surface area contributed by atoms with Crippen molar-refractivity contribution in [1.29, 1.82) is 0 Å². The highest BCUT2D eigenvalue weighted by Crippen LogP contribution is 2.19. The molecule has 6 heteroatoms. The largest absolute Gasteiger partial charge is 0.339 e. The Labute approximate surface area is 143 Å². The Kier molecular flexibility index (Phi) is 5.93. The van der Waals surface area contributed by atoms with Crippen molar-refractivity contribution in [3.63, 3.8) is 0 Å². The molecule has 1 aliphatic heterocycles. The highest BCUT2D eigenvalue weighted by Gasteiger charge is 2.23. The summed E-state index contributed by atoms with van der Waals surface area (Å²) in [6.07, 6.45) is 5.39.